The van der Waals surface area contributed by atoms with Crippen LogP contribution in [0.1, 0.15) is 57.8 Å². The van der Waals surface area contributed by atoms with E-state index < -0.39 is 0 Å². The van der Waals surface area contributed by atoms with Crippen molar-refractivity contribution in [2.75, 3.05) is 0 Å². The maximum Gasteiger partial charge on any atom is 0.133 e. The van der Waals surface area contributed by atoms with Gasteiger partial charge in [-0.1, -0.05) is 0 Å². The predicted molar refractivity (Wildman–Crippen MR) is 73.5 cm³/mol. The maximum atomic E-state index is 11.8. The average molecular weight is 262 g/mol. The van der Waals surface area contributed by atoms with Crippen LogP contribution in [0.4, 0.5) is 0 Å². The van der Waals surface area contributed by atoms with Crippen LogP contribution in [-0.4, -0.2) is 17.0 Å². The standard InChI is InChI=1S/C17H26O2/c18-12-3-6-14-10(7-12)1-5-16-15(14)4-2-11-8-13(19)9-17(11)16/h10-12,14-18H,1-9H2/t10?,11?,12-,14?,15?,16?,17-/m0/s1. The lowest BCUT2D eigenvalue weighted by molar-refractivity contribution is -0.117. The third kappa shape index (κ3) is 1.98. The Morgan fingerprint density at radius 3 is 2.26 bits per heavy atom. The van der Waals surface area contributed by atoms with Crippen LogP contribution in [-0.2, 0) is 4.79 Å². The molecule has 5 unspecified atom stereocenters. The Balaban J connectivity index is 1.54. The first-order valence-electron chi connectivity index (χ1n) is 8.42. The molecule has 4 fully saturated rings. The molecule has 0 heterocycles. The second-order valence-corrected chi connectivity index (χ2v) is 7.74. The van der Waals surface area contributed by atoms with Crippen LogP contribution in [0.25, 0.3) is 0 Å². The van der Waals surface area contributed by atoms with Gasteiger partial charge in [-0.25, -0.2) is 0 Å². The van der Waals surface area contributed by atoms with Crippen molar-refractivity contribution in [1.29, 1.82) is 0 Å². The fraction of sp³-hybridized carbons (Fsp3) is 0.941. The van der Waals surface area contributed by atoms with Gasteiger partial charge in [-0.2, -0.15) is 0 Å². The smallest absolute Gasteiger partial charge is 0.133 e. The van der Waals surface area contributed by atoms with Gasteiger partial charge >= 0.3 is 0 Å². The molecule has 2 heteroatoms. The maximum absolute atomic E-state index is 11.8. The monoisotopic (exact) mass is 262 g/mol. The first-order valence-corrected chi connectivity index (χ1v) is 8.42. The van der Waals surface area contributed by atoms with Gasteiger partial charge < -0.3 is 5.11 Å². The number of carbonyl (C=O) groups excluding carboxylic acids is 1. The van der Waals surface area contributed by atoms with Crippen molar-refractivity contribution in [2.24, 2.45) is 35.5 Å². The molecule has 1 N–H and O–H groups in total. The molecule has 4 saturated carbocycles. The summed E-state index contributed by atoms with van der Waals surface area (Å²) in [6.45, 7) is 0. The lowest BCUT2D eigenvalue weighted by Gasteiger charge is -2.52. The number of hydrogen-bond donors (Lipinski definition) is 1. The molecule has 0 bridgehead atoms. The highest BCUT2D eigenvalue weighted by Crippen LogP contribution is 2.57. The third-order valence-electron chi connectivity index (χ3n) is 6.96. The van der Waals surface area contributed by atoms with E-state index in [2.05, 4.69) is 0 Å². The number of ketones is 1. The summed E-state index contributed by atoms with van der Waals surface area (Å²) in [5, 5.41) is 9.88. The summed E-state index contributed by atoms with van der Waals surface area (Å²) in [4.78, 5) is 11.8. The van der Waals surface area contributed by atoms with Gasteiger partial charge in [-0.3, -0.25) is 4.79 Å². The van der Waals surface area contributed by atoms with Crippen molar-refractivity contribution in [3.8, 4) is 0 Å². The number of aliphatic hydroxyl groups excluding tert-OH is 1. The van der Waals surface area contributed by atoms with Gasteiger partial charge in [0.25, 0.3) is 0 Å². The minimum Gasteiger partial charge on any atom is -0.393 e. The van der Waals surface area contributed by atoms with E-state index >= 15 is 0 Å². The van der Waals surface area contributed by atoms with Crippen molar-refractivity contribution >= 4 is 5.78 Å². The summed E-state index contributed by atoms with van der Waals surface area (Å²) < 4.78 is 0. The van der Waals surface area contributed by atoms with Crippen molar-refractivity contribution < 1.29 is 9.90 Å². The largest absolute Gasteiger partial charge is 0.393 e. The molecule has 0 amide bonds. The molecule has 0 aromatic heterocycles. The Morgan fingerprint density at radius 1 is 0.737 bits per heavy atom. The molecule has 0 aromatic carbocycles. The molecule has 0 radical (unpaired) electrons. The number of Topliss-reactive ketones (excluding diaryl/α,β-unsaturated/α-hetero) is 1. The number of rotatable bonds is 0. The van der Waals surface area contributed by atoms with Crippen molar-refractivity contribution in [1.82, 2.24) is 0 Å². The van der Waals surface area contributed by atoms with E-state index in [9.17, 15) is 9.90 Å². The highest BCUT2D eigenvalue weighted by Gasteiger charge is 2.50. The average Bonchev–Trinajstić information content (AvgIpc) is 2.78. The topological polar surface area (TPSA) is 37.3 Å². The lowest BCUT2D eigenvalue weighted by atomic mass is 9.53. The van der Waals surface area contributed by atoms with E-state index in [1.165, 1.54) is 32.1 Å². The summed E-state index contributed by atoms with van der Waals surface area (Å²) in [5.41, 5.74) is 0. The Bertz CT molecular complexity index is 377. The summed E-state index contributed by atoms with van der Waals surface area (Å²) >= 11 is 0. The fourth-order valence-electron chi connectivity index (χ4n) is 6.24. The first kappa shape index (κ1) is 12.4. The summed E-state index contributed by atoms with van der Waals surface area (Å²) in [7, 11) is 0. The van der Waals surface area contributed by atoms with Crippen molar-refractivity contribution in [3.63, 3.8) is 0 Å². The van der Waals surface area contributed by atoms with Crippen LogP contribution in [0.15, 0.2) is 0 Å². The van der Waals surface area contributed by atoms with Crippen LogP contribution in [0, 0.1) is 35.5 Å². The zero-order chi connectivity index (χ0) is 13.0. The van der Waals surface area contributed by atoms with Gasteiger partial charge in [0.1, 0.15) is 5.78 Å². The second-order valence-electron chi connectivity index (χ2n) is 7.74. The number of fused-ring (bicyclic) bond motifs is 5. The molecule has 4 rings (SSSR count). The second kappa shape index (κ2) is 4.58. The molecular formula is C17H26O2. The van der Waals surface area contributed by atoms with E-state index in [1.54, 1.807) is 0 Å². The third-order valence-corrected chi connectivity index (χ3v) is 6.96. The normalized spacial score (nSPS) is 53.3. The molecule has 0 aromatic rings. The molecule has 7 atom stereocenters. The molecule has 0 aliphatic heterocycles. The number of carbonyl (C=O) groups is 1. The molecular weight excluding hydrogens is 236 g/mol. The van der Waals surface area contributed by atoms with E-state index in [0.29, 0.717) is 5.78 Å². The predicted octanol–water partition coefficient (Wildman–Crippen LogP) is 3.18. The van der Waals surface area contributed by atoms with Crippen molar-refractivity contribution in [2.45, 2.75) is 63.9 Å². The Hall–Kier alpha value is -0.370. The molecule has 19 heavy (non-hydrogen) atoms. The minimum atomic E-state index is -0.0257. The Morgan fingerprint density at radius 2 is 1.42 bits per heavy atom. The molecule has 2 nitrogen and oxygen atoms in total. The van der Waals surface area contributed by atoms with E-state index in [-0.39, 0.29) is 6.10 Å². The molecule has 0 saturated heterocycles. The van der Waals surface area contributed by atoms with Crippen molar-refractivity contribution in [3.05, 3.63) is 0 Å². The van der Waals surface area contributed by atoms with Gasteiger partial charge in [-0.05, 0) is 80.5 Å². The van der Waals surface area contributed by atoms with E-state index in [0.717, 1.165) is 61.2 Å². The highest BCUT2D eigenvalue weighted by atomic mass is 16.3. The zero-order valence-electron chi connectivity index (χ0n) is 11.8. The summed E-state index contributed by atoms with van der Waals surface area (Å²) in [6, 6.07) is 0. The minimum absolute atomic E-state index is 0.0257. The number of hydrogen-bond acceptors (Lipinski definition) is 2. The van der Waals surface area contributed by atoms with Gasteiger partial charge in [0.15, 0.2) is 0 Å². The Labute approximate surface area is 116 Å². The van der Waals surface area contributed by atoms with Crippen LogP contribution in [0.2, 0.25) is 0 Å². The summed E-state index contributed by atoms with van der Waals surface area (Å²) in [6.07, 6.45) is 10.4. The van der Waals surface area contributed by atoms with Crippen LogP contribution < -0.4 is 0 Å². The fourth-order valence-corrected chi connectivity index (χ4v) is 6.24. The van der Waals surface area contributed by atoms with Crippen LogP contribution in [0.3, 0.4) is 0 Å². The molecule has 4 aliphatic rings. The quantitative estimate of drug-likeness (QED) is 0.728. The molecule has 4 aliphatic carbocycles. The van der Waals surface area contributed by atoms with Gasteiger partial charge in [0.05, 0.1) is 6.10 Å². The van der Waals surface area contributed by atoms with Crippen LogP contribution in [0.5, 0.6) is 0 Å². The van der Waals surface area contributed by atoms with Crippen LogP contribution >= 0.6 is 0 Å². The van der Waals surface area contributed by atoms with E-state index in [4.69, 9.17) is 0 Å². The summed E-state index contributed by atoms with van der Waals surface area (Å²) in [5.74, 6) is 5.41. The lowest BCUT2D eigenvalue weighted by Crippen LogP contribution is -2.45. The SMILES string of the molecule is O=C1CC2CCC3C4CC[C@H](O)CC4CCC3[C@H]2C1. The van der Waals surface area contributed by atoms with Gasteiger partial charge in [0.2, 0.25) is 0 Å². The van der Waals surface area contributed by atoms with Gasteiger partial charge in [-0.15, -0.1) is 0 Å². The first-order chi connectivity index (χ1) is 9.22. The van der Waals surface area contributed by atoms with E-state index in [1.807, 2.05) is 0 Å². The van der Waals surface area contributed by atoms with Gasteiger partial charge in [0, 0.05) is 12.8 Å². The number of aliphatic hydroxyl groups is 1. The zero-order valence-corrected chi connectivity index (χ0v) is 11.8. The Kier molecular flexibility index (Phi) is 2.98. The molecule has 106 valence electrons. The highest BCUT2D eigenvalue weighted by molar-refractivity contribution is 5.81. The molecule has 0 spiro atoms.